The zero-order valence-corrected chi connectivity index (χ0v) is 17.3. The van der Waals surface area contributed by atoms with Gasteiger partial charge in [0.1, 0.15) is 0 Å². The van der Waals surface area contributed by atoms with Crippen molar-refractivity contribution in [2.45, 2.75) is 19.8 Å². The first-order chi connectivity index (χ1) is 15.0. The van der Waals surface area contributed by atoms with Crippen LogP contribution >= 0.6 is 0 Å². The third-order valence-corrected chi connectivity index (χ3v) is 5.41. The molecule has 0 radical (unpaired) electrons. The number of anilines is 1. The summed E-state index contributed by atoms with van der Waals surface area (Å²) in [6.07, 6.45) is 3.95. The van der Waals surface area contributed by atoms with Crippen molar-refractivity contribution < 1.29 is 14.7 Å². The van der Waals surface area contributed by atoms with E-state index in [9.17, 15) is 9.59 Å². The first-order valence-electron chi connectivity index (χ1n) is 10.3. The topological polar surface area (TPSA) is 66.4 Å². The first-order valence-corrected chi connectivity index (χ1v) is 10.3. The van der Waals surface area contributed by atoms with Crippen molar-refractivity contribution in [1.82, 2.24) is 0 Å². The van der Waals surface area contributed by atoms with E-state index in [1.807, 2.05) is 48.5 Å². The Morgan fingerprint density at radius 2 is 1.68 bits per heavy atom. The lowest BCUT2D eigenvalue weighted by molar-refractivity contribution is -0.131. The number of amides is 1. The third kappa shape index (κ3) is 4.48. The molecule has 4 heteroatoms. The van der Waals surface area contributed by atoms with Crippen LogP contribution in [0.5, 0.6) is 0 Å². The molecule has 3 aromatic carbocycles. The van der Waals surface area contributed by atoms with Gasteiger partial charge in [-0.2, -0.15) is 0 Å². The maximum Gasteiger partial charge on any atom is 0.328 e. The van der Waals surface area contributed by atoms with Gasteiger partial charge in [0.25, 0.3) is 0 Å². The van der Waals surface area contributed by atoms with E-state index >= 15 is 0 Å². The monoisotopic (exact) mass is 409 g/mol. The summed E-state index contributed by atoms with van der Waals surface area (Å²) in [7, 11) is 0. The number of nitrogens with one attached hydrogen (secondary N) is 1. The van der Waals surface area contributed by atoms with Crippen LogP contribution in [0.25, 0.3) is 17.2 Å². The molecule has 0 atom stereocenters. The minimum atomic E-state index is -0.969. The zero-order chi connectivity index (χ0) is 21.8. The standard InChI is InChI=1S/C27H23NO3/c1-2-23(19-6-4-3-5-7-19)27(20-11-8-18(9-12-20)10-15-26(30)31)21-13-14-24-22(16-21)17-25(29)28-24/h3-16H,2,17H2,1H3,(H,28,29)(H,30,31)/b15-10+,27-23+. The number of allylic oxidation sites excluding steroid dienone is 1. The van der Waals surface area contributed by atoms with Gasteiger partial charge in [-0.1, -0.05) is 67.6 Å². The second-order valence-corrected chi connectivity index (χ2v) is 7.46. The van der Waals surface area contributed by atoms with Crippen LogP contribution in [0.3, 0.4) is 0 Å². The summed E-state index contributed by atoms with van der Waals surface area (Å²) < 4.78 is 0. The summed E-state index contributed by atoms with van der Waals surface area (Å²) in [4.78, 5) is 22.6. The van der Waals surface area contributed by atoms with Gasteiger partial charge in [-0.3, -0.25) is 4.79 Å². The minimum Gasteiger partial charge on any atom is -0.478 e. The van der Waals surface area contributed by atoms with Crippen molar-refractivity contribution in [3.8, 4) is 0 Å². The highest BCUT2D eigenvalue weighted by molar-refractivity contribution is 6.02. The Bertz CT molecular complexity index is 1190. The number of carboxylic acids is 1. The molecule has 1 amide bonds. The Balaban J connectivity index is 1.86. The Kier molecular flexibility index (Phi) is 5.80. The fraction of sp³-hybridized carbons (Fsp3) is 0.111. The molecule has 3 aromatic rings. The summed E-state index contributed by atoms with van der Waals surface area (Å²) in [5.74, 6) is -0.950. The highest BCUT2D eigenvalue weighted by atomic mass is 16.4. The highest BCUT2D eigenvalue weighted by Gasteiger charge is 2.20. The summed E-state index contributed by atoms with van der Waals surface area (Å²) in [5, 5.41) is 11.8. The average Bonchev–Trinajstić information content (AvgIpc) is 3.16. The Hall–Kier alpha value is -3.92. The van der Waals surface area contributed by atoms with Crippen LogP contribution in [-0.4, -0.2) is 17.0 Å². The predicted octanol–water partition coefficient (Wildman–Crippen LogP) is 5.65. The zero-order valence-electron chi connectivity index (χ0n) is 17.3. The van der Waals surface area contributed by atoms with Gasteiger partial charge in [0, 0.05) is 11.8 Å². The number of fused-ring (bicyclic) bond motifs is 1. The van der Waals surface area contributed by atoms with E-state index < -0.39 is 5.97 Å². The largest absolute Gasteiger partial charge is 0.478 e. The fourth-order valence-electron chi connectivity index (χ4n) is 3.99. The number of hydrogen-bond donors (Lipinski definition) is 2. The molecular formula is C27H23NO3. The van der Waals surface area contributed by atoms with E-state index in [1.165, 1.54) is 5.57 Å². The van der Waals surface area contributed by atoms with E-state index in [2.05, 4.69) is 36.5 Å². The van der Waals surface area contributed by atoms with Crippen molar-refractivity contribution >= 4 is 34.8 Å². The van der Waals surface area contributed by atoms with Crippen LogP contribution in [-0.2, 0) is 16.0 Å². The van der Waals surface area contributed by atoms with E-state index in [4.69, 9.17) is 5.11 Å². The molecule has 1 aliphatic rings. The van der Waals surface area contributed by atoms with Crippen LogP contribution in [0.15, 0.2) is 78.9 Å². The highest BCUT2D eigenvalue weighted by Crippen LogP contribution is 2.36. The molecule has 0 spiro atoms. The van der Waals surface area contributed by atoms with Gasteiger partial charge >= 0.3 is 5.97 Å². The van der Waals surface area contributed by atoms with Crippen LogP contribution in [0, 0.1) is 0 Å². The van der Waals surface area contributed by atoms with Gasteiger partial charge in [-0.25, -0.2) is 4.79 Å². The molecule has 0 saturated carbocycles. The molecule has 1 heterocycles. The minimum absolute atomic E-state index is 0.0195. The SMILES string of the molecule is CC/C(=C(/c1ccc(/C=C/C(=O)O)cc1)c1ccc2c(c1)CC(=O)N2)c1ccccc1. The average molecular weight is 409 g/mol. The molecule has 4 nitrogen and oxygen atoms in total. The van der Waals surface area contributed by atoms with Crippen LogP contribution in [0.2, 0.25) is 0 Å². The van der Waals surface area contributed by atoms with Gasteiger partial charge < -0.3 is 10.4 Å². The summed E-state index contributed by atoms with van der Waals surface area (Å²) in [6.45, 7) is 2.14. The van der Waals surface area contributed by atoms with Crippen LogP contribution in [0.1, 0.15) is 41.2 Å². The Morgan fingerprint density at radius 3 is 2.35 bits per heavy atom. The number of rotatable bonds is 6. The molecule has 2 N–H and O–H groups in total. The Labute approximate surface area is 181 Å². The molecule has 0 fully saturated rings. The second kappa shape index (κ2) is 8.84. The van der Waals surface area contributed by atoms with Crippen LogP contribution < -0.4 is 5.32 Å². The maximum absolute atomic E-state index is 11.8. The van der Waals surface area contributed by atoms with Crippen molar-refractivity contribution in [3.05, 3.63) is 107 Å². The van der Waals surface area contributed by atoms with E-state index in [0.717, 1.165) is 51.6 Å². The molecule has 0 saturated heterocycles. The van der Waals surface area contributed by atoms with E-state index in [-0.39, 0.29) is 5.91 Å². The molecule has 0 aromatic heterocycles. The molecule has 0 aliphatic carbocycles. The van der Waals surface area contributed by atoms with Gasteiger partial charge in [-0.05, 0) is 63.6 Å². The van der Waals surface area contributed by atoms with Crippen molar-refractivity contribution in [3.63, 3.8) is 0 Å². The van der Waals surface area contributed by atoms with Crippen molar-refractivity contribution in [2.75, 3.05) is 5.32 Å². The lowest BCUT2D eigenvalue weighted by Crippen LogP contribution is -2.03. The number of aliphatic carboxylic acids is 1. The third-order valence-electron chi connectivity index (χ3n) is 5.41. The number of benzene rings is 3. The quantitative estimate of drug-likeness (QED) is 0.408. The van der Waals surface area contributed by atoms with Crippen LogP contribution in [0.4, 0.5) is 5.69 Å². The van der Waals surface area contributed by atoms with Crippen molar-refractivity contribution in [2.24, 2.45) is 0 Å². The lowest BCUT2D eigenvalue weighted by atomic mass is 9.87. The summed E-state index contributed by atoms with van der Waals surface area (Å²) >= 11 is 0. The number of hydrogen-bond acceptors (Lipinski definition) is 2. The smallest absolute Gasteiger partial charge is 0.328 e. The normalized spacial score (nSPS) is 13.6. The maximum atomic E-state index is 11.8. The van der Waals surface area contributed by atoms with E-state index in [0.29, 0.717) is 6.42 Å². The summed E-state index contributed by atoms with van der Waals surface area (Å²) in [6, 6.07) is 24.3. The van der Waals surface area contributed by atoms with Crippen molar-refractivity contribution in [1.29, 1.82) is 0 Å². The number of carbonyl (C=O) groups is 2. The molecule has 154 valence electrons. The van der Waals surface area contributed by atoms with E-state index in [1.54, 1.807) is 6.08 Å². The first kappa shape index (κ1) is 20.4. The molecular weight excluding hydrogens is 386 g/mol. The fourth-order valence-corrected chi connectivity index (χ4v) is 3.99. The second-order valence-electron chi connectivity index (χ2n) is 7.46. The molecule has 31 heavy (non-hydrogen) atoms. The molecule has 1 aliphatic heterocycles. The summed E-state index contributed by atoms with van der Waals surface area (Å²) in [5.41, 5.74) is 8.30. The molecule has 0 unspecified atom stereocenters. The Morgan fingerprint density at radius 1 is 0.968 bits per heavy atom. The lowest BCUT2D eigenvalue weighted by Gasteiger charge is -2.17. The predicted molar refractivity (Wildman–Crippen MR) is 125 cm³/mol. The van der Waals surface area contributed by atoms with Gasteiger partial charge in [0.2, 0.25) is 5.91 Å². The van der Waals surface area contributed by atoms with Gasteiger partial charge in [0.05, 0.1) is 6.42 Å². The molecule has 4 rings (SSSR count). The molecule has 0 bridgehead atoms. The number of carboxylic acid groups (broad SMARTS) is 1. The number of carbonyl (C=O) groups excluding carboxylic acids is 1. The van der Waals surface area contributed by atoms with Gasteiger partial charge in [-0.15, -0.1) is 0 Å². The van der Waals surface area contributed by atoms with Gasteiger partial charge in [0.15, 0.2) is 0 Å².